The molecule has 2 heterocycles. The molecule has 0 aliphatic rings. The van der Waals surface area contributed by atoms with Crippen LogP contribution in [-0.4, -0.2) is 14.5 Å². The van der Waals surface area contributed by atoms with Crippen molar-refractivity contribution in [2.45, 2.75) is 13.3 Å². The van der Waals surface area contributed by atoms with E-state index in [2.05, 4.69) is 121 Å². The van der Waals surface area contributed by atoms with Gasteiger partial charge in [-0.2, -0.15) is 5.26 Å². The summed E-state index contributed by atoms with van der Waals surface area (Å²) in [5.41, 5.74) is 11.3. The molecule has 0 N–H and O–H groups in total. The fourth-order valence-corrected chi connectivity index (χ4v) is 6.36. The molecular weight excluding hydrogens is 548 g/mol. The summed E-state index contributed by atoms with van der Waals surface area (Å²) in [6.07, 6.45) is 0.820. The van der Waals surface area contributed by atoms with Crippen LogP contribution in [0.2, 0.25) is 0 Å². The topological polar surface area (TPSA) is 54.5 Å². The van der Waals surface area contributed by atoms with Gasteiger partial charge in [0.05, 0.1) is 33.9 Å². The molecule has 212 valence electrons. The SMILES string of the molecule is CCc1nc2c3c(-c4ccc(-c5ccc(-c6ccc(C#N)cc6)cc5)cc4)nc4ccccc4c3ccc2n1-c1ccccc1. The lowest BCUT2D eigenvalue weighted by Gasteiger charge is -2.12. The fraction of sp³-hybridized carbons (Fsp3) is 0.0488. The van der Waals surface area contributed by atoms with E-state index in [1.165, 1.54) is 0 Å². The number of hydrogen-bond donors (Lipinski definition) is 0. The Morgan fingerprint density at radius 2 is 1.16 bits per heavy atom. The van der Waals surface area contributed by atoms with Gasteiger partial charge in [-0.25, -0.2) is 9.97 Å². The predicted molar refractivity (Wildman–Crippen MR) is 184 cm³/mol. The zero-order chi connectivity index (χ0) is 30.3. The highest BCUT2D eigenvalue weighted by Crippen LogP contribution is 2.38. The number of hydrogen-bond acceptors (Lipinski definition) is 3. The van der Waals surface area contributed by atoms with Crippen LogP contribution in [-0.2, 0) is 6.42 Å². The number of fused-ring (bicyclic) bond motifs is 5. The standard InChI is InChI=1S/C41H28N4/c1-2-38-44-41-37(45(38)33-8-4-3-5-9-33)25-24-35-34-10-6-7-11-36(34)43-40(39(35)41)32-22-20-31(21-23-32)30-18-16-29(17-19-30)28-14-12-27(26-42)13-15-28/h3-25H,2H2,1H3. The number of nitrogens with zero attached hydrogens (tertiary/aromatic N) is 4. The summed E-state index contributed by atoms with van der Waals surface area (Å²) in [5, 5.41) is 12.5. The summed E-state index contributed by atoms with van der Waals surface area (Å²) >= 11 is 0. The molecule has 0 amide bonds. The second-order valence-electron chi connectivity index (χ2n) is 11.2. The molecule has 0 fully saturated rings. The second kappa shape index (κ2) is 10.9. The minimum Gasteiger partial charge on any atom is -0.296 e. The molecule has 0 saturated heterocycles. The maximum absolute atomic E-state index is 9.11. The quantitative estimate of drug-likeness (QED) is 0.192. The lowest BCUT2D eigenvalue weighted by Crippen LogP contribution is -1.99. The molecule has 8 aromatic rings. The molecule has 0 unspecified atom stereocenters. The van der Waals surface area contributed by atoms with Gasteiger partial charge in [0.2, 0.25) is 0 Å². The average molecular weight is 577 g/mol. The number of rotatable bonds is 5. The molecule has 8 rings (SSSR count). The zero-order valence-corrected chi connectivity index (χ0v) is 24.8. The van der Waals surface area contributed by atoms with E-state index < -0.39 is 0 Å². The van der Waals surface area contributed by atoms with E-state index in [9.17, 15) is 0 Å². The lowest BCUT2D eigenvalue weighted by atomic mass is 9.96. The van der Waals surface area contributed by atoms with E-state index in [1.54, 1.807) is 0 Å². The van der Waals surface area contributed by atoms with E-state index >= 15 is 0 Å². The van der Waals surface area contributed by atoms with Crippen LogP contribution < -0.4 is 0 Å². The van der Waals surface area contributed by atoms with Crippen molar-refractivity contribution in [2.75, 3.05) is 0 Å². The van der Waals surface area contributed by atoms with Crippen LogP contribution in [0.25, 0.3) is 71.9 Å². The summed E-state index contributed by atoms with van der Waals surface area (Å²) in [6, 6.07) is 50.4. The molecule has 0 bridgehead atoms. The first-order chi connectivity index (χ1) is 22.2. The Morgan fingerprint density at radius 3 is 1.78 bits per heavy atom. The molecule has 0 atom stereocenters. The Hall–Kier alpha value is -6.05. The van der Waals surface area contributed by atoms with Gasteiger partial charge in [0.25, 0.3) is 0 Å². The van der Waals surface area contributed by atoms with Gasteiger partial charge >= 0.3 is 0 Å². The van der Waals surface area contributed by atoms with E-state index in [0.717, 1.165) is 84.2 Å². The van der Waals surface area contributed by atoms with Gasteiger partial charge in [-0.3, -0.25) is 4.57 Å². The molecule has 6 aromatic carbocycles. The van der Waals surface area contributed by atoms with Gasteiger partial charge in [0, 0.05) is 28.4 Å². The van der Waals surface area contributed by atoms with Gasteiger partial charge in [-0.1, -0.05) is 110 Å². The summed E-state index contributed by atoms with van der Waals surface area (Å²) in [5.74, 6) is 1.03. The van der Waals surface area contributed by atoms with E-state index in [4.69, 9.17) is 15.2 Å². The number of aryl methyl sites for hydroxylation is 1. The Morgan fingerprint density at radius 1 is 0.578 bits per heavy atom. The zero-order valence-electron chi connectivity index (χ0n) is 24.8. The molecule has 45 heavy (non-hydrogen) atoms. The number of para-hydroxylation sites is 2. The molecule has 0 aliphatic heterocycles. The highest BCUT2D eigenvalue weighted by atomic mass is 15.1. The predicted octanol–water partition coefficient (Wildman–Crippen LogP) is 10.2. The maximum atomic E-state index is 9.11. The summed E-state index contributed by atoms with van der Waals surface area (Å²) in [6.45, 7) is 2.16. The van der Waals surface area contributed by atoms with Crippen LogP contribution in [0.1, 0.15) is 18.3 Å². The maximum Gasteiger partial charge on any atom is 0.114 e. The lowest BCUT2D eigenvalue weighted by molar-refractivity contribution is 0.908. The largest absolute Gasteiger partial charge is 0.296 e. The van der Waals surface area contributed by atoms with Crippen molar-refractivity contribution < 1.29 is 0 Å². The van der Waals surface area contributed by atoms with Crippen molar-refractivity contribution in [3.05, 3.63) is 151 Å². The average Bonchev–Trinajstić information content (AvgIpc) is 3.51. The van der Waals surface area contributed by atoms with Gasteiger partial charge in [0.15, 0.2) is 0 Å². The van der Waals surface area contributed by atoms with Crippen LogP contribution in [0, 0.1) is 11.3 Å². The molecule has 0 saturated carbocycles. The number of nitriles is 1. The third-order valence-corrected chi connectivity index (χ3v) is 8.61. The van der Waals surface area contributed by atoms with Crippen LogP contribution in [0.3, 0.4) is 0 Å². The first kappa shape index (κ1) is 26.6. The van der Waals surface area contributed by atoms with Crippen molar-refractivity contribution in [3.8, 4) is 45.3 Å². The minimum atomic E-state index is 0.667. The Labute approximate surface area is 261 Å². The number of aromatic nitrogens is 3. The fourth-order valence-electron chi connectivity index (χ4n) is 6.36. The number of benzene rings is 6. The van der Waals surface area contributed by atoms with Crippen molar-refractivity contribution in [1.29, 1.82) is 5.26 Å². The summed E-state index contributed by atoms with van der Waals surface area (Å²) < 4.78 is 2.28. The monoisotopic (exact) mass is 576 g/mol. The molecule has 4 nitrogen and oxygen atoms in total. The number of imidazole rings is 1. The third kappa shape index (κ3) is 4.54. The van der Waals surface area contributed by atoms with Crippen LogP contribution in [0.5, 0.6) is 0 Å². The van der Waals surface area contributed by atoms with Crippen molar-refractivity contribution in [3.63, 3.8) is 0 Å². The highest BCUT2D eigenvalue weighted by Gasteiger charge is 2.19. The van der Waals surface area contributed by atoms with Gasteiger partial charge in [-0.05, 0) is 64.0 Å². The molecule has 0 radical (unpaired) electrons. The molecule has 4 heteroatoms. The van der Waals surface area contributed by atoms with Crippen molar-refractivity contribution in [1.82, 2.24) is 14.5 Å². The van der Waals surface area contributed by atoms with Gasteiger partial charge < -0.3 is 0 Å². The Bertz CT molecular complexity index is 2380. The smallest absolute Gasteiger partial charge is 0.114 e. The van der Waals surface area contributed by atoms with E-state index in [0.29, 0.717) is 5.56 Å². The van der Waals surface area contributed by atoms with Crippen molar-refractivity contribution >= 4 is 32.7 Å². The second-order valence-corrected chi connectivity index (χ2v) is 11.2. The Balaban J connectivity index is 1.26. The van der Waals surface area contributed by atoms with Gasteiger partial charge in [-0.15, -0.1) is 0 Å². The first-order valence-corrected chi connectivity index (χ1v) is 15.2. The van der Waals surface area contributed by atoms with Crippen molar-refractivity contribution in [2.24, 2.45) is 0 Å². The molecule has 0 aliphatic carbocycles. The summed E-state index contributed by atoms with van der Waals surface area (Å²) in [4.78, 5) is 10.5. The highest BCUT2D eigenvalue weighted by molar-refractivity contribution is 6.19. The van der Waals surface area contributed by atoms with Crippen LogP contribution >= 0.6 is 0 Å². The van der Waals surface area contributed by atoms with Gasteiger partial charge in [0.1, 0.15) is 5.82 Å². The van der Waals surface area contributed by atoms with E-state index in [1.807, 2.05) is 36.4 Å². The normalized spacial score (nSPS) is 11.3. The van der Waals surface area contributed by atoms with Crippen LogP contribution in [0.15, 0.2) is 140 Å². The first-order valence-electron chi connectivity index (χ1n) is 15.2. The molecular formula is C41H28N4. The number of pyridine rings is 1. The third-order valence-electron chi connectivity index (χ3n) is 8.61. The summed E-state index contributed by atoms with van der Waals surface area (Å²) in [7, 11) is 0. The Kier molecular flexibility index (Phi) is 6.43. The minimum absolute atomic E-state index is 0.667. The molecule has 2 aromatic heterocycles. The van der Waals surface area contributed by atoms with Crippen LogP contribution in [0.4, 0.5) is 0 Å². The van der Waals surface area contributed by atoms with E-state index in [-0.39, 0.29) is 0 Å². The molecule has 0 spiro atoms.